The van der Waals surface area contributed by atoms with Crippen molar-refractivity contribution in [3.63, 3.8) is 0 Å². The molecule has 1 rings (SSSR count). The average Bonchev–Trinajstić information content (AvgIpc) is 2.14. The van der Waals surface area contributed by atoms with Crippen LogP contribution in [-0.2, 0) is 6.18 Å². The first-order valence-corrected chi connectivity index (χ1v) is 4.62. The normalized spacial score (nSPS) is 13.3. The summed E-state index contributed by atoms with van der Waals surface area (Å²) < 4.78 is 73.8. The van der Waals surface area contributed by atoms with Gasteiger partial charge in [0.15, 0.2) is 0 Å². The van der Waals surface area contributed by atoms with E-state index in [2.05, 4.69) is 0 Å². The van der Waals surface area contributed by atoms with E-state index in [1.54, 1.807) is 0 Å². The number of hydrogen-bond donors (Lipinski definition) is 1. The molecule has 0 aliphatic heterocycles. The summed E-state index contributed by atoms with van der Waals surface area (Å²) in [5.41, 5.74) is 3.73. The minimum absolute atomic E-state index is 0. The van der Waals surface area contributed by atoms with Crippen LogP contribution in [0.5, 0.6) is 0 Å². The molecule has 0 spiro atoms. The van der Waals surface area contributed by atoms with Crippen molar-refractivity contribution in [2.24, 2.45) is 5.73 Å². The van der Waals surface area contributed by atoms with E-state index in [1.807, 2.05) is 0 Å². The SMILES string of the molecule is Cl.N[C@@H](CC(F)F)c1ccc(C(F)(F)F)cc1F. The maximum atomic E-state index is 13.3. The molecule has 0 aliphatic carbocycles. The molecule has 0 aromatic heterocycles. The number of alkyl halides is 5. The molecule has 8 heteroatoms. The minimum Gasteiger partial charge on any atom is -0.324 e. The summed E-state index contributed by atoms with van der Waals surface area (Å²) in [7, 11) is 0. The maximum Gasteiger partial charge on any atom is 0.416 e. The summed E-state index contributed by atoms with van der Waals surface area (Å²) in [4.78, 5) is 0. The molecule has 1 atom stereocenters. The van der Waals surface area contributed by atoms with Crippen molar-refractivity contribution in [3.05, 3.63) is 35.1 Å². The second-order valence-electron chi connectivity index (χ2n) is 3.47. The molecule has 1 aromatic carbocycles. The van der Waals surface area contributed by atoms with Crippen LogP contribution in [0.25, 0.3) is 0 Å². The van der Waals surface area contributed by atoms with Crippen LogP contribution in [0.2, 0.25) is 0 Å². The summed E-state index contributed by atoms with van der Waals surface area (Å²) in [6, 6.07) is 0.326. The van der Waals surface area contributed by atoms with Crippen molar-refractivity contribution >= 4 is 12.4 Å². The molecule has 18 heavy (non-hydrogen) atoms. The number of halogens is 7. The van der Waals surface area contributed by atoms with E-state index in [-0.39, 0.29) is 24.0 Å². The summed E-state index contributed by atoms with van der Waals surface area (Å²) >= 11 is 0. The van der Waals surface area contributed by atoms with Crippen LogP contribution in [0.3, 0.4) is 0 Å². The third-order valence-electron chi connectivity index (χ3n) is 2.16. The Balaban J connectivity index is 0.00000289. The Morgan fingerprint density at radius 3 is 2.11 bits per heavy atom. The maximum absolute atomic E-state index is 13.3. The fourth-order valence-corrected chi connectivity index (χ4v) is 1.32. The third kappa shape index (κ3) is 4.38. The van der Waals surface area contributed by atoms with Crippen molar-refractivity contribution in [2.45, 2.75) is 25.1 Å². The van der Waals surface area contributed by atoms with E-state index in [9.17, 15) is 26.3 Å². The first-order chi connectivity index (χ1) is 7.71. The summed E-state index contributed by atoms with van der Waals surface area (Å²) in [6.45, 7) is 0. The van der Waals surface area contributed by atoms with Gasteiger partial charge in [-0.15, -0.1) is 12.4 Å². The van der Waals surface area contributed by atoms with Crippen LogP contribution in [-0.4, -0.2) is 6.43 Å². The zero-order valence-corrected chi connectivity index (χ0v) is 9.66. The lowest BCUT2D eigenvalue weighted by Crippen LogP contribution is -2.16. The van der Waals surface area contributed by atoms with E-state index >= 15 is 0 Å². The largest absolute Gasteiger partial charge is 0.416 e. The Hall–Kier alpha value is -0.950. The first kappa shape index (κ1) is 17.1. The van der Waals surface area contributed by atoms with Crippen LogP contribution in [0.1, 0.15) is 23.6 Å². The Labute approximate surface area is 105 Å². The lowest BCUT2D eigenvalue weighted by molar-refractivity contribution is -0.137. The Bertz CT molecular complexity index is 392. The second-order valence-corrected chi connectivity index (χ2v) is 3.47. The molecule has 0 radical (unpaired) electrons. The minimum atomic E-state index is -4.67. The molecular formula is C10H10ClF6N. The quantitative estimate of drug-likeness (QED) is 0.840. The van der Waals surface area contributed by atoms with Crippen LogP contribution >= 0.6 is 12.4 Å². The average molecular weight is 294 g/mol. The van der Waals surface area contributed by atoms with E-state index in [1.165, 1.54) is 0 Å². The van der Waals surface area contributed by atoms with Gasteiger partial charge < -0.3 is 5.73 Å². The van der Waals surface area contributed by atoms with Gasteiger partial charge in [0, 0.05) is 18.0 Å². The van der Waals surface area contributed by atoms with Crippen molar-refractivity contribution in [1.82, 2.24) is 0 Å². The van der Waals surface area contributed by atoms with E-state index in [4.69, 9.17) is 5.73 Å². The van der Waals surface area contributed by atoms with Gasteiger partial charge in [-0.1, -0.05) is 6.07 Å². The van der Waals surface area contributed by atoms with Crippen molar-refractivity contribution in [1.29, 1.82) is 0 Å². The zero-order valence-electron chi connectivity index (χ0n) is 8.85. The molecule has 0 saturated carbocycles. The fraction of sp³-hybridized carbons (Fsp3) is 0.400. The molecule has 0 bridgehead atoms. The molecular weight excluding hydrogens is 284 g/mol. The van der Waals surface area contributed by atoms with Gasteiger partial charge in [0.05, 0.1) is 5.56 Å². The predicted octanol–water partition coefficient (Wildman–Crippen LogP) is 3.92. The summed E-state index contributed by atoms with van der Waals surface area (Å²) in [5, 5.41) is 0. The molecule has 0 fully saturated rings. The van der Waals surface area contributed by atoms with Crippen molar-refractivity contribution in [2.75, 3.05) is 0 Å². The Morgan fingerprint density at radius 1 is 1.17 bits per heavy atom. The van der Waals surface area contributed by atoms with Crippen LogP contribution in [0.4, 0.5) is 26.3 Å². The molecule has 1 aromatic rings. The standard InChI is InChI=1S/C10H9F6N.ClH/c11-7-3-5(10(14,15)16)1-2-6(7)8(17)4-9(12)13;/h1-3,8-9H,4,17H2;1H/t8-;/m0./s1. The van der Waals surface area contributed by atoms with Crippen LogP contribution in [0, 0.1) is 5.82 Å². The topological polar surface area (TPSA) is 26.0 Å². The highest BCUT2D eigenvalue weighted by Gasteiger charge is 2.31. The zero-order chi connectivity index (χ0) is 13.2. The second kappa shape index (κ2) is 6.29. The highest BCUT2D eigenvalue weighted by atomic mass is 35.5. The highest BCUT2D eigenvalue weighted by Crippen LogP contribution is 2.31. The van der Waals surface area contributed by atoms with E-state index < -0.39 is 36.4 Å². The highest BCUT2D eigenvalue weighted by molar-refractivity contribution is 5.85. The predicted molar refractivity (Wildman–Crippen MR) is 56.2 cm³/mol. The van der Waals surface area contributed by atoms with Crippen molar-refractivity contribution < 1.29 is 26.3 Å². The number of hydrogen-bond acceptors (Lipinski definition) is 1. The van der Waals surface area contributed by atoms with Gasteiger partial charge in [-0.2, -0.15) is 13.2 Å². The van der Waals surface area contributed by atoms with Gasteiger partial charge in [0.25, 0.3) is 0 Å². The van der Waals surface area contributed by atoms with Gasteiger partial charge >= 0.3 is 6.18 Å². The molecule has 0 amide bonds. The number of rotatable bonds is 3. The molecule has 0 aliphatic rings. The molecule has 0 unspecified atom stereocenters. The van der Waals surface area contributed by atoms with Crippen LogP contribution < -0.4 is 5.73 Å². The third-order valence-corrected chi connectivity index (χ3v) is 2.16. The number of benzene rings is 1. The van der Waals surface area contributed by atoms with E-state index in [0.717, 1.165) is 6.07 Å². The molecule has 0 saturated heterocycles. The van der Waals surface area contributed by atoms with Gasteiger partial charge in [-0.25, -0.2) is 13.2 Å². The summed E-state index contributed by atoms with van der Waals surface area (Å²) in [6.07, 6.45) is -8.22. The molecule has 104 valence electrons. The van der Waals surface area contributed by atoms with Gasteiger partial charge in [-0.05, 0) is 12.1 Å². The Morgan fingerprint density at radius 2 is 1.72 bits per heavy atom. The fourth-order valence-electron chi connectivity index (χ4n) is 1.32. The molecule has 0 heterocycles. The first-order valence-electron chi connectivity index (χ1n) is 4.62. The Kier molecular flexibility index (Phi) is 5.95. The van der Waals surface area contributed by atoms with E-state index in [0.29, 0.717) is 6.07 Å². The molecule has 2 N–H and O–H groups in total. The van der Waals surface area contributed by atoms with Crippen LogP contribution in [0.15, 0.2) is 18.2 Å². The van der Waals surface area contributed by atoms with Crippen molar-refractivity contribution in [3.8, 4) is 0 Å². The number of nitrogens with two attached hydrogens (primary N) is 1. The molecule has 1 nitrogen and oxygen atoms in total. The van der Waals surface area contributed by atoms with Gasteiger partial charge in [-0.3, -0.25) is 0 Å². The van der Waals surface area contributed by atoms with Gasteiger partial charge in [0.2, 0.25) is 6.43 Å². The monoisotopic (exact) mass is 293 g/mol. The lowest BCUT2D eigenvalue weighted by atomic mass is 10.0. The van der Waals surface area contributed by atoms with Gasteiger partial charge in [0.1, 0.15) is 5.82 Å². The summed E-state index contributed by atoms with van der Waals surface area (Å²) in [5.74, 6) is -1.23. The lowest BCUT2D eigenvalue weighted by Gasteiger charge is -2.14. The smallest absolute Gasteiger partial charge is 0.324 e.